The van der Waals surface area contributed by atoms with Gasteiger partial charge in [0.05, 0.1) is 16.2 Å². The molecule has 7 nitrogen and oxygen atoms in total. The lowest BCUT2D eigenvalue weighted by Gasteiger charge is -2.34. The van der Waals surface area contributed by atoms with E-state index >= 15 is 0 Å². The van der Waals surface area contributed by atoms with Gasteiger partial charge in [0.15, 0.2) is 15.0 Å². The fourth-order valence-electron chi connectivity index (χ4n) is 3.46. The molecule has 0 atom stereocenters. The van der Waals surface area contributed by atoms with Gasteiger partial charge in [-0.3, -0.25) is 4.79 Å². The van der Waals surface area contributed by atoms with E-state index in [1.54, 1.807) is 40.6 Å². The second kappa shape index (κ2) is 8.08. The molecule has 1 saturated heterocycles. The van der Waals surface area contributed by atoms with Crippen molar-refractivity contribution in [2.75, 3.05) is 36.8 Å². The zero-order chi connectivity index (χ0) is 20.4. The van der Waals surface area contributed by atoms with Crippen LogP contribution in [0.15, 0.2) is 47.5 Å². The van der Waals surface area contributed by atoms with Gasteiger partial charge in [0.1, 0.15) is 10.3 Å². The molecule has 0 radical (unpaired) electrons. The second-order valence-corrected chi connectivity index (χ2v) is 9.95. The van der Waals surface area contributed by atoms with Crippen LogP contribution in [0.3, 0.4) is 0 Å². The smallest absolute Gasteiger partial charge is 0.255 e. The summed E-state index contributed by atoms with van der Waals surface area (Å²) in [7, 11) is -3.47. The number of benzene rings is 1. The molecule has 2 aromatic heterocycles. The third-order valence-electron chi connectivity index (χ3n) is 4.92. The van der Waals surface area contributed by atoms with E-state index in [-0.39, 0.29) is 22.1 Å². The van der Waals surface area contributed by atoms with Crippen LogP contribution in [-0.2, 0) is 9.84 Å². The number of hydrogen-bond donors (Lipinski definition) is 0. The third-order valence-corrected chi connectivity index (χ3v) is 7.93. The molecule has 1 aliphatic rings. The van der Waals surface area contributed by atoms with Gasteiger partial charge in [-0.25, -0.2) is 18.4 Å². The molecule has 1 amide bonds. The number of anilines is 1. The number of piperazine rings is 1. The van der Waals surface area contributed by atoms with E-state index in [0.717, 1.165) is 15.5 Å². The summed E-state index contributed by atoms with van der Waals surface area (Å²) < 4.78 is 25.1. The van der Waals surface area contributed by atoms with Crippen LogP contribution in [0.4, 0.5) is 5.13 Å². The highest BCUT2D eigenvalue weighted by Gasteiger charge is 2.28. The highest BCUT2D eigenvalue weighted by Crippen LogP contribution is 2.28. The monoisotopic (exact) mass is 430 g/mol. The van der Waals surface area contributed by atoms with Gasteiger partial charge in [0, 0.05) is 32.4 Å². The van der Waals surface area contributed by atoms with Crippen LogP contribution in [0.25, 0.3) is 10.3 Å². The van der Waals surface area contributed by atoms with Crippen molar-refractivity contribution in [3.05, 3.63) is 48.2 Å². The van der Waals surface area contributed by atoms with E-state index in [2.05, 4.69) is 14.9 Å². The Bertz CT molecular complexity index is 1100. The Labute approximate surface area is 173 Å². The topological polar surface area (TPSA) is 83.5 Å². The van der Waals surface area contributed by atoms with Gasteiger partial charge < -0.3 is 9.80 Å². The molecular formula is C20H22N4O3S2. The molecule has 3 aromatic rings. The fourth-order valence-corrected chi connectivity index (χ4v) is 5.95. The van der Waals surface area contributed by atoms with Gasteiger partial charge in [0.25, 0.3) is 5.91 Å². The molecular weight excluding hydrogens is 408 g/mol. The van der Waals surface area contributed by atoms with Gasteiger partial charge in [0.2, 0.25) is 0 Å². The predicted molar refractivity (Wildman–Crippen MR) is 114 cm³/mol. The molecule has 0 saturated carbocycles. The number of carbonyl (C=O) groups excluding carboxylic acids is 1. The average molecular weight is 431 g/mol. The molecule has 0 N–H and O–H groups in total. The van der Waals surface area contributed by atoms with Gasteiger partial charge in [-0.15, -0.1) is 0 Å². The zero-order valence-electron chi connectivity index (χ0n) is 16.1. The van der Waals surface area contributed by atoms with Gasteiger partial charge in [-0.1, -0.05) is 30.4 Å². The number of fused-ring (bicyclic) bond motifs is 1. The number of aromatic nitrogens is 2. The minimum absolute atomic E-state index is 0.0384. The number of carbonyl (C=O) groups is 1. The summed E-state index contributed by atoms with van der Waals surface area (Å²) in [5, 5.41) is 0.900. The minimum atomic E-state index is -3.47. The molecule has 3 heterocycles. The highest BCUT2D eigenvalue weighted by molar-refractivity contribution is 7.91. The third kappa shape index (κ3) is 3.97. The Morgan fingerprint density at radius 1 is 1.10 bits per heavy atom. The van der Waals surface area contributed by atoms with E-state index in [9.17, 15) is 13.2 Å². The Balaban J connectivity index is 1.50. The summed E-state index contributed by atoms with van der Waals surface area (Å²) in [5.41, 5.74) is 1.14. The Morgan fingerprint density at radius 3 is 2.59 bits per heavy atom. The van der Waals surface area contributed by atoms with E-state index in [1.165, 1.54) is 6.07 Å². The summed E-state index contributed by atoms with van der Waals surface area (Å²) in [6.45, 7) is 4.15. The lowest BCUT2D eigenvalue weighted by molar-refractivity contribution is 0.0743. The molecule has 152 valence electrons. The molecule has 9 heteroatoms. The molecule has 1 aromatic carbocycles. The van der Waals surface area contributed by atoms with E-state index in [1.807, 2.05) is 19.1 Å². The van der Waals surface area contributed by atoms with Crippen LogP contribution in [-0.4, -0.2) is 61.1 Å². The van der Waals surface area contributed by atoms with Gasteiger partial charge >= 0.3 is 0 Å². The number of nitrogens with zero attached hydrogens (tertiary/aromatic N) is 4. The van der Waals surface area contributed by atoms with Crippen molar-refractivity contribution >= 4 is 42.6 Å². The first kappa shape index (κ1) is 19.8. The van der Waals surface area contributed by atoms with E-state index in [0.29, 0.717) is 32.6 Å². The van der Waals surface area contributed by atoms with Crippen molar-refractivity contribution in [1.29, 1.82) is 0 Å². The summed E-state index contributed by atoms with van der Waals surface area (Å²) in [6.07, 6.45) is 2.27. The van der Waals surface area contributed by atoms with Crippen molar-refractivity contribution in [3.8, 4) is 0 Å². The van der Waals surface area contributed by atoms with Crippen molar-refractivity contribution in [3.63, 3.8) is 0 Å². The number of pyridine rings is 1. The molecule has 0 unspecified atom stereocenters. The predicted octanol–water partition coefficient (Wildman–Crippen LogP) is 2.84. The fraction of sp³-hybridized carbons (Fsp3) is 0.350. The molecule has 0 spiro atoms. The summed E-state index contributed by atoms with van der Waals surface area (Å²) in [5.74, 6) is -0.192. The standard InChI is InChI=1S/C20H22N4O3S2/c1-2-14-29(26,27)17-8-4-3-6-15(17)19(25)23-10-12-24(13-11-23)20-22-16-7-5-9-21-18(16)28-20/h3-9H,2,10-14H2,1H3. The molecule has 0 aliphatic carbocycles. The van der Waals surface area contributed by atoms with Gasteiger partial charge in [-0.2, -0.15) is 0 Å². The van der Waals surface area contributed by atoms with Crippen molar-refractivity contribution < 1.29 is 13.2 Å². The SMILES string of the molecule is CCCS(=O)(=O)c1ccccc1C(=O)N1CCN(c2nc3cccnc3s2)CC1. The van der Waals surface area contributed by atoms with Crippen LogP contribution in [0.5, 0.6) is 0 Å². The van der Waals surface area contributed by atoms with E-state index < -0.39 is 9.84 Å². The molecule has 4 rings (SSSR count). The van der Waals surface area contributed by atoms with Crippen LogP contribution >= 0.6 is 11.3 Å². The first-order valence-electron chi connectivity index (χ1n) is 9.57. The number of amides is 1. The van der Waals surface area contributed by atoms with Crippen molar-refractivity contribution in [2.45, 2.75) is 18.2 Å². The first-order chi connectivity index (χ1) is 14.0. The van der Waals surface area contributed by atoms with Crippen LogP contribution < -0.4 is 4.90 Å². The van der Waals surface area contributed by atoms with Crippen molar-refractivity contribution in [2.24, 2.45) is 0 Å². The largest absolute Gasteiger partial charge is 0.344 e. The number of hydrogen-bond acceptors (Lipinski definition) is 7. The first-order valence-corrected chi connectivity index (χ1v) is 12.0. The van der Waals surface area contributed by atoms with Crippen LogP contribution in [0.2, 0.25) is 0 Å². The molecule has 29 heavy (non-hydrogen) atoms. The van der Waals surface area contributed by atoms with E-state index in [4.69, 9.17) is 0 Å². The summed E-state index contributed by atoms with van der Waals surface area (Å²) in [4.78, 5) is 26.9. The van der Waals surface area contributed by atoms with Crippen molar-refractivity contribution in [1.82, 2.24) is 14.9 Å². The lowest BCUT2D eigenvalue weighted by Crippen LogP contribution is -2.49. The normalized spacial score (nSPS) is 15.1. The van der Waals surface area contributed by atoms with Gasteiger partial charge in [-0.05, 0) is 30.7 Å². The Hall–Kier alpha value is -2.52. The minimum Gasteiger partial charge on any atom is -0.344 e. The molecule has 0 bridgehead atoms. The Kier molecular flexibility index (Phi) is 5.51. The number of thiazole rings is 1. The highest BCUT2D eigenvalue weighted by atomic mass is 32.2. The van der Waals surface area contributed by atoms with Crippen LogP contribution in [0, 0.1) is 0 Å². The maximum atomic E-state index is 13.1. The maximum Gasteiger partial charge on any atom is 0.255 e. The molecule has 1 aliphatic heterocycles. The molecule has 1 fully saturated rings. The average Bonchev–Trinajstić information content (AvgIpc) is 3.18. The number of sulfone groups is 1. The quantitative estimate of drug-likeness (QED) is 0.619. The second-order valence-electron chi connectivity index (χ2n) is 6.92. The number of rotatable bonds is 5. The van der Waals surface area contributed by atoms with Crippen LogP contribution in [0.1, 0.15) is 23.7 Å². The summed E-state index contributed by atoms with van der Waals surface area (Å²) >= 11 is 1.54. The zero-order valence-corrected chi connectivity index (χ0v) is 17.7. The maximum absolute atomic E-state index is 13.1. The Morgan fingerprint density at radius 2 is 1.86 bits per heavy atom. The lowest BCUT2D eigenvalue weighted by atomic mass is 10.2. The summed E-state index contributed by atoms with van der Waals surface area (Å²) in [6, 6.07) is 10.3.